The SMILES string of the molecule is CCCn1cnnc1CNC(=O)C1CCCN(Cc2ccco2)C1. The molecular formula is C17H25N5O2. The van der Waals surface area contributed by atoms with Crippen LogP contribution in [0.5, 0.6) is 0 Å². The minimum atomic E-state index is 0.0243. The van der Waals surface area contributed by atoms with E-state index in [1.807, 2.05) is 16.7 Å². The summed E-state index contributed by atoms with van der Waals surface area (Å²) >= 11 is 0. The Labute approximate surface area is 142 Å². The highest BCUT2D eigenvalue weighted by Crippen LogP contribution is 2.19. The van der Waals surface area contributed by atoms with Crippen LogP contribution in [0, 0.1) is 5.92 Å². The third-order valence-electron chi connectivity index (χ3n) is 4.42. The Hall–Kier alpha value is -2.15. The van der Waals surface area contributed by atoms with E-state index in [2.05, 4.69) is 27.3 Å². The van der Waals surface area contributed by atoms with E-state index in [1.165, 1.54) is 0 Å². The molecule has 7 heteroatoms. The third kappa shape index (κ3) is 4.23. The maximum Gasteiger partial charge on any atom is 0.224 e. The number of likely N-dealkylation sites (tertiary alicyclic amines) is 1. The molecule has 130 valence electrons. The number of aryl methyl sites for hydroxylation is 1. The minimum Gasteiger partial charge on any atom is -0.468 e. The molecule has 0 radical (unpaired) electrons. The van der Waals surface area contributed by atoms with Gasteiger partial charge in [-0.1, -0.05) is 6.92 Å². The predicted molar refractivity (Wildman–Crippen MR) is 88.9 cm³/mol. The number of carbonyl (C=O) groups excluding carboxylic acids is 1. The lowest BCUT2D eigenvalue weighted by molar-refractivity contribution is -0.127. The van der Waals surface area contributed by atoms with Crippen LogP contribution in [0.3, 0.4) is 0 Å². The predicted octanol–water partition coefficient (Wildman–Crippen LogP) is 1.81. The highest BCUT2D eigenvalue weighted by Gasteiger charge is 2.26. The van der Waals surface area contributed by atoms with E-state index in [0.29, 0.717) is 6.54 Å². The lowest BCUT2D eigenvalue weighted by Gasteiger charge is -2.31. The number of hydrogen-bond donors (Lipinski definition) is 1. The van der Waals surface area contributed by atoms with Crippen LogP contribution in [0.4, 0.5) is 0 Å². The van der Waals surface area contributed by atoms with Gasteiger partial charge in [-0.05, 0) is 37.9 Å². The van der Waals surface area contributed by atoms with Crippen molar-refractivity contribution in [3.8, 4) is 0 Å². The molecule has 7 nitrogen and oxygen atoms in total. The van der Waals surface area contributed by atoms with Crippen LogP contribution in [0.15, 0.2) is 29.1 Å². The maximum absolute atomic E-state index is 12.5. The Bertz CT molecular complexity index is 637. The van der Waals surface area contributed by atoms with Crippen molar-refractivity contribution in [2.24, 2.45) is 5.92 Å². The maximum atomic E-state index is 12.5. The molecule has 1 unspecified atom stereocenters. The van der Waals surface area contributed by atoms with E-state index in [-0.39, 0.29) is 11.8 Å². The number of furan rings is 1. The van der Waals surface area contributed by atoms with Gasteiger partial charge in [0.1, 0.15) is 12.1 Å². The molecule has 2 aromatic heterocycles. The van der Waals surface area contributed by atoms with Crippen molar-refractivity contribution in [2.75, 3.05) is 13.1 Å². The summed E-state index contributed by atoms with van der Waals surface area (Å²) in [5.74, 6) is 1.89. The smallest absolute Gasteiger partial charge is 0.224 e. The van der Waals surface area contributed by atoms with Gasteiger partial charge in [0.05, 0.1) is 25.3 Å². The van der Waals surface area contributed by atoms with Gasteiger partial charge >= 0.3 is 0 Å². The monoisotopic (exact) mass is 331 g/mol. The molecule has 0 aliphatic carbocycles. The quantitative estimate of drug-likeness (QED) is 0.837. The van der Waals surface area contributed by atoms with Gasteiger partial charge in [0.2, 0.25) is 5.91 Å². The molecule has 0 saturated carbocycles. The molecule has 3 heterocycles. The Kier molecular flexibility index (Phi) is 5.63. The molecule has 1 fully saturated rings. The van der Waals surface area contributed by atoms with E-state index in [1.54, 1.807) is 12.6 Å². The standard InChI is InChI=1S/C17H25N5O2/c1-2-7-22-13-19-20-16(22)10-18-17(23)14-5-3-8-21(11-14)12-15-6-4-9-24-15/h4,6,9,13-14H,2-3,5,7-8,10-12H2,1H3,(H,18,23). The largest absolute Gasteiger partial charge is 0.468 e. The fourth-order valence-corrected chi connectivity index (χ4v) is 3.19. The van der Waals surface area contributed by atoms with Crippen LogP contribution in [-0.2, 0) is 24.4 Å². The molecule has 0 bridgehead atoms. The fraction of sp³-hybridized carbons (Fsp3) is 0.588. The average Bonchev–Trinajstić information content (AvgIpc) is 3.25. The summed E-state index contributed by atoms with van der Waals surface area (Å²) in [5.41, 5.74) is 0. The summed E-state index contributed by atoms with van der Waals surface area (Å²) in [6.07, 6.45) is 6.39. The summed E-state index contributed by atoms with van der Waals surface area (Å²) in [7, 11) is 0. The molecule has 1 aliphatic heterocycles. The number of nitrogens with zero attached hydrogens (tertiary/aromatic N) is 4. The first-order valence-corrected chi connectivity index (χ1v) is 8.65. The summed E-state index contributed by atoms with van der Waals surface area (Å²) in [6, 6.07) is 3.88. The number of rotatable bonds is 7. The van der Waals surface area contributed by atoms with Crippen molar-refractivity contribution in [1.82, 2.24) is 25.0 Å². The second kappa shape index (κ2) is 8.10. The van der Waals surface area contributed by atoms with Crippen LogP contribution < -0.4 is 5.32 Å². The van der Waals surface area contributed by atoms with Gasteiger partial charge < -0.3 is 14.3 Å². The normalized spacial score (nSPS) is 18.6. The lowest BCUT2D eigenvalue weighted by Crippen LogP contribution is -2.42. The Balaban J connectivity index is 1.50. The van der Waals surface area contributed by atoms with Gasteiger partial charge in [0.15, 0.2) is 5.82 Å². The minimum absolute atomic E-state index is 0.0243. The number of carbonyl (C=O) groups is 1. The second-order valence-electron chi connectivity index (χ2n) is 6.31. The van der Waals surface area contributed by atoms with Crippen LogP contribution in [-0.4, -0.2) is 38.7 Å². The van der Waals surface area contributed by atoms with Gasteiger partial charge in [-0.2, -0.15) is 0 Å². The Morgan fingerprint density at radius 1 is 1.50 bits per heavy atom. The van der Waals surface area contributed by atoms with Crippen molar-refractivity contribution >= 4 is 5.91 Å². The molecule has 24 heavy (non-hydrogen) atoms. The van der Waals surface area contributed by atoms with E-state index >= 15 is 0 Å². The number of amides is 1. The summed E-state index contributed by atoms with van der Waals surface area (Å²) < 4.78 is 7.39. The number of hydrogen-bond acceptors (Lipinski definition) is 5. The van der Waals surface area contributed by atoms with Gasteiger partial charge in [-0.25, -0.2) is 0 Å². The molecular weight excluding hydrogens is 306 g/mol. The molecule has 0 aromatic carbocycles. The van der Waals surface area contributed by atoms with Crippen molar-refractivity contribution in [2.45, 2.75) is 45.8 Å². The number of nitrogens with one attached hydrogen (secondary N) is 1. The zero-order valence-corrected chi connectivity index (χ0v) is 14.1. The number of piperidine rings is 1. The van der Waals surface area contributed by atoms with Gasteiger partial charge in [0.25, 0.3) is 0 Å². The molecule has 3 rings (SSSR count). The van der Waals surface area contributed by atoms with E-state index < -0.39 is 0 Å². The Morgan fingerprint density at radius 3 is 3.21 bits per heavy atom. The molecule has 1 amide bonds. The highest BCUT2D eigenvalue weighted by atomic mass is 16.3. The van der Waals surface area contributed by atoms with Crippen molar-refractivity contribution in [1.29, 1.82) is 0 Å². The van der Waals surface area contributed by atoms with Crippen molar-refractivity contribution in [3.05, 3.63) is 36.3 Å². The van der Waals surface area contributed by atoms with Gasteiger partial charge in [-0.15, -0.1) is 10.2 Å². The van der Waals surface area contributed by atoms with Gasteiger partial charge in [0, 0.05) is 13.1 Å². The fourth-order valence-electron chi connectivity index (χ4n) is 3.19. The molecule has 2 aromatic rings. The Morgan fingerprint density at radius 2 is 2.42 bits per heavy atom. The van der Waals surface area contributed by atoms with E-state index in [0.717, 1.165) is 57.0 Å². The molecule has 1 N–H and O–H groups in total. The third-order valence-corrected chi connectivity index (χ3v) is 4.42. The van der Waals surface area contributed by atoms with Crippen LogP contribution in [0.25, 0.3) is 0 Å². The summed E-state index contributed by atoms with van der Waals surface area (Å²) in [6.45, 7) is 5.97. The molecule has 0 spiro atoms. The molecule has 1 aliphatic rings. The highest BCUT2D eigenvalue weighted by molar-refractivity contribution is 5.78. The average molecular weight is 331 g/mol. The van der Waals surface area contributed by atoms with E-state index in [4.69, 9.17) is 4.42 Å². The second-order valence-corrected chi connectivity index (χ2v) is 6.31. The first-order valence-electron chi connectivity index (χ1n) is 8.65. The first kappa shape index (κ1) is 16.7. The van der Waals surface area contributed by atoms with Gasteiger partial charge in [-0.3, -0.25) is 9.69 Å². The van der Waals surface area contributed by atoms with Crippen LogP contribution >= 0.6 is 0 Å². The zero-order chi connectivity index (χ0) is 16.8. The zero-order valence-electron chi connectivity index (χ0n) is 14.1. The van der Waals surface area contributed by atoms with Crippen molar-refractivity contribution < 1.29 is 9.21 Å². The van der Waals surface area contributed by atoms with Crippen LogP contribution in [0.2, 0.25) is 0 Å². The summed E-state index contributed by atoms with van der Waals surface area (Å²) in [4.78, 5) is 14.8. The molecule has 1 saturated heterocycles. The molecule has 1 atom stereocenters. The summed E-state index contributed by atoms with van der Waals surface area (Å²) in [5, 5.41) is 11.0. The van der Waals surface area contributed by atoms with E-state index in [9.17, 15) is 4.79 Å². The lowest BCUT2D eigenvalue weighted by atomic mass is 9.97. The van der Waals surface area contributed by atoms with Crippen LogP contribution in [0.1, 0.15) is 37.8 Å². The van der Waals surface area contributed by atoms with Crippen molar-refractivity contribution in [3.63, 3.8) is 0 Å². The topological polar surface area (TPSA) is 76.2 Å². The first-order chi connectivity index (χ1) is 11.8. The number of aromatic nitrogens is 3.